The van der Waals surface area contributed by atoms with Gasteiger partial charge in [0.25, 0.3) is 5.91 Å². The molecule has 0 bridgehead atoms. The van der Waals surface area contributed by atoms with Crippen LogP contribution >= 0.6 is 0 Å². The minimum absolute atomic E-state index is 0.133. The number of carbonyl (C=O) groups is 2. The van der Waals surface area contributed by atoms with Crippen LogP contribution in [0, 0.1) is 11.3 Å². The third-order valence-corrected chi connectivity index (χ3v) is 4.08. The Bertz CT molecular complexity index is 684. The number of aliphatic carboxylic acids is 1. The summed E-state index contributed by atoms with van der Waals surface area (Å²) in [6, 6.07) is 6.21. The average Bonchev–Trinajstić information content (AvgIpc) is 3.01. The first kappa shape index (κ1) is 18.5. The molecular weight excluding hydrogens is 328 g/mol. The second kappa shape index (κ2) is 8.35. The molecule has 1 aliphatic rings. The van der Waals surface area contributed by atoms with E-state index >= 15 is 0 Å². The zero-order chi connectivity index (χ0) is 18.4. The van der Waals surface area contributed by atoms with Gasteiger partial charge >= 0.3 is 5.97 Å². The fraction of sp³-hybridized carbons (Fsp3) is 0.471. The smallest absolute Gasteiger partial charge is 0.305 e. The van der Waals surface area contributed by atoms with Gasteiger partial charge in [-0.3, -0.25) is 9.59 Å². The Morgan fingerprint density at radius 2 is 2.12 bits per heavy atom. The summed E-state index contributed by atoms with van der Waals surface area (Å²) < 4.78 is 15.9. The lowest BCUT2D eigenvalue weighted by molar-refractivity contribution is -0.140. The van der Waals surface area contributed by atoms with Crippen molar-refractivity contribution in [1.29, 1.82) is 5.26 Å². The zero-order valence-electron chi connectivity index (χ0n) is 14.1. The molecule has 1 aromatic carbocycles. The van der Waals surface area contributed by atoms with E-state index in [2.05, 4.69) is 0 Å². The van der Waals surface area contributed by atoms with Gasteiger partial charge in [0, 0.05) is 25.8 Å². The fourth-order valence-corrected chi connectivity index (χ4v) is 2.82. The SMILES string of the molecule is COc1cc(C#N)ccc1OCC(=O)N1CC(OC)CC1CC(=O)O. The maximum Gasteiger partial charge on any atom is 0.305 e. The second-order valence-electron chi connectivity index (χ2n) is 5.66. The molecule has 2 unspecified atom stereocenters. The van der Waals surface area contributed by atoms with Crippen LogP contribution in [0.4, 0.5) is 0 Å². The standard InChI is InChI=1S/C17H20N2O6/c1-23-13-6-12(7-17(21)22)19(9-13)16(20)10-25-14-4-3-11(8-18)5-15(14)24-2/h3-5,12-13H,6-7,9-10H2,1-2H3,(H,21,22). The average molecular weight is 348 g/mol. The van der Waals surface area contributed by atoms with Gasteiger partial charge in [0.1, 0.15) is 0 Å². The number of rotatable bonds is 7. The normalized spacial score (nSPS) is 19.3. The Labute approximate surface area is 145 Å². The summed E-state index contributed by atoms with van der Waals surface area (Å²) in [6.45, 7) is 0.0793. The highest BCUT2D eigenvalue weighted by Gasteiger charge is 2.36. The van der Waals surface area contributed by atoms with Crippen molar-refractivity contribution in [2.24, 2.45) is 0 Å². The predicted octanol–water partition coefficient (Wildman–Crippen LogP) is 1.04. The molecule has 2 rings (SSSR count). The van der Waals surface area contributed by atoms with Gasteiger partial charge in [0.2, 0.25) is 0 Å². The third-order valence-electron chi connectivity index (χ3n) is 4.08. The van der Waals surface area contributed by atoms with Gasteiger partial charge in [-0.2, -0.15) is 5.26 Å². The summed E-state index contributed by atoms with van der Waals surface area (Å²) in [5.41, 5.74) is 0.416. The van der Waals surface area contributed by atoms with Crippen LogP contribution in [0.25, 0.3) is 0 Å². The van der Waals surface area contributed by atoms with Gasteiger partial charge in [-0.1, -0.05) is 0 Å². The van der Waals surface area contributed by atoms with E-state index in [0.29, 0.717) is 30.0 Å². The van der Waals surface area contributed by atoms with E-state index in [-0.39, 0.29) is 25.0 Å². The number of hydrogen-bond donors (Lipinski definition) is 1. The van der Waals surface area contributed by atoms with Gasteiger partial charge in [-0.05, 0) is 18.6 Å². The Morgan fingerprint density at radius 1 is 1.36 bits per heavy atom. The summed E-state index contributed by atoms with van der Waals surface area (Å²) in [4.78, 5) is 24.9. The van der Waals surface area contributed by atoms with Gasteiger partial charge in [0.05, 0.1) is 31.3 Å². The number of methoxy groups -OCH3 is 2. The monoisotopic (exact) mass is 348 g/mol. The van der Waals surface area contributed by atoms with Crippen molar-refractivity contribution >= 4 is 11.9 Å². The number of hydrogen-bond acceptors (Lipinski definition) is 6. The minimum Gasteiger partial charge on any atom is -0.493 e. The number of carboxylic acid groups (broad SMARTS) is 1. The largest absolute Gasteiger partial charge is 0.493 e. The summed E-state index contributed by atoms with van der Waals surface area (Å²) in [6.07, 6.45) is 0.165. The molecular formula is C17H20N2O6. The zero-order valence-corrected chi connectivity index (χ0v) is 14.1. The molecule has 0 saturated carbocycles. The number of carbonyl (C=O) groups excluding carboxylic acids is 1. The number of ether oxygens (including phenoxy) is 3. The molecule has 0 spiro atoms. The quantitative estimate of drug-likeness (QED) is 0.784. The molecule has 1 saturated heterocycles. The molecule has 8 heteroatoms. The van der Waals surface area contributed by atoms with Crippen molar-refractivity contribution in [1.82, 2.24) is 4.90 Å². The number of nitrogens with zero attached hydrogens (tertiary/aromatic N) is 2. The second-order valence-corrected chi connectivity index (χ2v) is 5.66. The van der Waals surface area contributed by atoms with E-state index < -0.39 is 12.0 Å². The first-order chi connectivity index (χ1) is 12.0. The van der Waals surface area contributed by atoms with Crippen LogP contribution in [-0.4, -0.2) is 61.4 Å². The van der Waals surface area contributed by atoms with Crippen LogP contribution in [0.5, 0.6) is 11.5 Å². The maximum absolute atomic E-state index is 12.5. The molecule has 0 aromatic heterocycles. The highest BCUT2D eigenvalue weighted by molar-refractivity contribution is 5.79. The highest BCUT2D eigenvalue weighted by Crippen LogP contribution is 2.28. The van der Waals surface area contributed by atoms with Crippen LogP contribution in [0.15, 0.2) is 18.2 Å². The van der Waals surface area contributed by atoms with Crippen LogP contribution in [0.3, 0.4) is 0 Å². The van der Waals surface area contributed by atoms with Crippen LogP contribution in [-0.2, 0) is 14.3 Å². The maximum atomic E-state index is 12.5. The van der Waals surface area contributed by atoms with Crippen molar-refractivity contribution in [3.05, 3.63) is 23.8 Å². The first-order valence-corrected chi connectivity index (χ1v) is 7.73. The van der Waals surface area contributed by atoms with E-state index in [9.17, 15) is 9.59 Å². The molecule has 1 N–H and O–H groups in total. The minimum atomic E-state index is -0.964. The van der Waals surface area contributed by atoms with E-state index in [1.165, 1.54) is 25.2 Å². The van der Waals surface area contributed by atoms with E-state index in [0.717, 1.165) is 0 Å². The lowest BCUT2D eigenvalue weighted by Crippen LogP contribution is -2.40. The Hall–Kier alpha value is -2.79. The number of likely N-dealkylation sites (tertiary alicyclic amines) is 1. The van der Waals surface area contributed by atoms with Crippen molar-refractivity contribution in [2.45, 2.75) is 25.0 Å². The lowest BCUT2D eigenvalue weighted by atomic mass is 10.1. The van der Waals surface area contributed by atoms with Crippen molar-refractivity contribution in [2.75, 3.05) is 27.4 Å². The summed E-state index contributed by atoms with van der Waals surface area (Å²) in [7, 11) is 2.98. The summed E-state index contributed by atoms with van der Waals surface area (Å²) >= 11 is 0. The van der Waals surface area contributed by atoms with Gasteiger partial charge < -0.3 is 24.2 Å². The topological polar surface area (TPSA) is 109 Å². The molecule has 1 aromatic rings. The molecule has 1 fully saturated rings. The first-order valence-electron chi connectivity index (χ1n) is 7.73. The summed E-state index contributed by atoms with van der Waals surface area (Å²) in [5, 5.41) is 17.9. The molecule has 0 radical (unpaired) electrons. The fourth-order valence-electron chi connectivity index (χ4n) is 2.82. The molecule has 0 aliphatic carbocycles. The molecule has 134 valence electrons. The molecule has 1 aliphatic heterocycles. The van der Waals surface area contributed by atoms with Gasteiger partial charge in [-0.25, -0.2) is 0 Å². The Kier molecular flexibility index (Phi) is 6.19. The Morgan fingerprint density at radius 3 is 2.72 bits per heavy atom. The van der Waals surface area contributed by atoms with E-state index in [4.69, 9.17) is 24.6 Å². The predicted molar refractivity (Wildman–Crippen MR) is 86.4 cm³/mol. The van der Waals surface area contributed by atoms with Gasteiger partial charge in [0.15, 0.2) is 18.1 Å². The molecule has 8 nitrogen and oxygen atoms in total. The van der Waals surface area contributed by atoms with Gasteiger partial charge in [-0.15, -0.1) is 0 Å². The highest BCUT2D eigenvalue weighted by atomic mass is 16.5. The molecule has 1 heterocycles. The van der Waals surface area contributed by atoms with Crippen LogP contribution in [0.1, 0.15) is 18.4 Å². The number of nitriles is 1. The number of amides is 1. The van der Waals surface area contributed by atoms with E-state index in [1.807, 2.05) is 6.07 Å². The van der Waals surface area contributed by atoms with Crippen molar-refractivity contribution < 1.29 is 28.9 Å². The van der Waals surface area contributed by atoms with Crippen LogP contribution < -0.4 is 9.47 Å². The summed E-state index contributed by atoms with van der Waals surface area (Å²) in [5.74, 6) is -0.594. The number of benzene rings is 1. The number of carboxylic acids is 1. The van der Waals surface area contributed by atoms with Crippen molar-refractivity contribution in [3.8, 4) is 17.6 Å². The van der Waals surface area contributed by atoms with Crippen molar-refractivity contribution in [3.63, 3.8) is 0 Å². The lowest BCUT2D eigenvalue weighted by Gasteiger charge is -2.23. The van der Waals surface area contributed by atoms with E-state index in [1.54, 1.807) is 12.1 Å². The molecule has 25 heavy (non-hydrogen) atoms. The van der Waals surface area contributed by atoms with Crippen LogP contribution in [0.2, 0.25) is 0 Å². The Balaban J connectivity index is 2.03. The molecule has 2 atom stereocenters. The molecule has 1 amide bonds. The third kappa shape index (κ3) is 4.61.